The summed E-state index contributed by atoms with van der Waals surface area (Å²) < 4.78 is 0. The molecule has 1 amide bonds. The molecule has 2 fully saturated rings. The third-order valence-electron chi connectivity index (χ3n) is 3.93. The highest BCUT2D eigenvalue weighted by molar-refractivity contribution is 5.82. The summed E-state index contributed by atoms with van der Waals surface area (Å²) >= 11 is 0. The second-order valence-corrected chi connectivity index (χ2v) is 5.46. The summed E-state index contributed by atoms with van der Waals surface area (Å²) in [4.78, 5) is 14.1. The van der Waals surface area contributed by atoms with E-state index in [9.17, 15) is 4.79 Å². The summed E-state index contributed by atoms with van der Waals surface area (Å²) in [6, 6.07) is 0. The Kier molecular flexibility index (Phi) is 4.64. The van der Waals surface area contributed by atoms with E-state index in [1.165, 1.54) is 38.5 Å². The maximum atomic E-state index is 12.0. The standard InChI is InChI=1S/C15H25NO/c1-2-3-4-5-6-9-13-12-14(13)15(17)16-10-7-8-11-16/h6,9,13-14H,2-5,7-8,10-12H2,1H3/b9-6-/t13-,14+/m1/s1. The van der Waals surface area contributed by atoms with Crippen LogP contribution in [0.1, 0.15) is 51.9 Å². The van der Waals surface area contributed by atoms with Crippen molar-refractivity contribution in [3.63, 3.8) is 0 Å². The van der Waals surface area contributed by atoms with Gasteiger partial charge in [0.15, 0.2) is 0 Å². The molecular weight excluding hydrogens is 210 g/mol. The first-order valence-electron chi connectivity index (χ1n) is 7.28. The molecular formula is C15H25NO. The van der Waals surface area contributed by atoms with E-state index in [0.29, 0.717) is 17.7 Å². The van der Waals surface area contributed by atoms with Crippen LogP contribution in [0.25, 0.3) is 0 Å². The van der Waals surface area contributed by atoms with Gasteiger partial charge in [0.05, 0.1) is 0 Å². The minimum absolute atomic E-state index is 0.329. The Morgan fingerprint density at radius 2 is 2.06 bits per heavy atom. The Balaban J connectivity index is 1.64. The van der Waals surface area contributed by atoms with Crippen LogP contribution in [0, 0.1) is 11.8 Å². The summed E-state index contributed by atoms with van der Waals surface area (Å²) in [5, 5.41) is 0. The molecule has 0 radical (unpaired) electrons. The molecule has 0 unspecified atom stereocenters. The normalized spacial score (nSPS) is 27.9. The van der Waals surface area contributed by atoms with Gasteiger partial charge in [0, 0.05) is 19.0 Å². The van der Waals surface area contributed by atoms with Crippen molar-refractivity contribution in [2.45, 2.75) is 51.9 Å². The first-order valence-corrected chi connectivity index (χ1v) is 7.28. The van der Waals surface area contributed by atoms with Crippen LogP contribution in [0.15, 0.2) is 12.2 Å². The second-order valence-electron chi connectivity index (χ2n) is 5.46. The highest BCUT2D eigenvalue weighted by atomic mass is 16.2. The molecule has 0 aromatic rings. The zero-order chi connectivity index (χ0) is 12.1. The van der Waals surface area contributed by atoms with E-state index in [-0.39, 0.29) is 0 Å². The van der Waals surface area contributed by atoms with Crippen LogP contribution in [0.3, 0.4) is 0 Å². The molecule has 0 bridgehead atoms. The molecule has 1 aliphatic heterocycles. The molecule has 0 spiro atoms. The van der Waals surface area contributed by atoms with Gasteiger partial charge in [-0.2, -0.15) is 0 Å². The van der Waals surface area contributed by atoms with Gasteiger partial charge in [0.25, 0.3) is 0 Å². The first-order chi connectivity index (χ1) is 8.33. The lowest BCUT2D eigenvalue weighted by atomic mass is 10.2. The largest absolute Gasteiger partial charge is 0.342 e. The fourth-order valence-electron chi connectivity index (χ4n) is 2.67. The van der Waals surface area contributed by atoms with E-state index in [4.69, 9.17) is 0 Å². The second kappa shape index (κ2) is 6.23. The Morgan fingerprint density at radius 3 is 2.76 bits per heavy atom. The van der Waals surface area contributed by atoms with Crippen LogP contribution in [0.2, 0.25) is 0 Å². The molecule has 1 saturated carbocycles. The van der Waals surface area contributed by atoms with E-state index < -0.39 is 0 Å². The van der Waals surface area contributed by atoms with Gasteiger partial charge < -0.3 is 4.90 Å². The number of amides is 1. The van der Waals surface area contributed by atoms with E-state index >= 15 is 0 Å². The summed E-state index contributed by atoms with van der Waals surface area (Å²) in [5.74, 6) is 1.31. The number of hydrogen-bond donors (Lipinski definition) is 0. The van der Waals surface area contributed by atoms with E-state index in [1.54, 1.807) is 0 Å². The van der Waals surface area contributed by atoms with Crippen molar-refractivity contribution >= 4 is 5.91 Å². The van der Waals surface area contributed by atoms with E-state index in [0.717, 1.165) is 19.5 Å². The Labute approximate surface area is 105 Å². The number of rotatable bonds is 6. The van der Waals surface area contributed by atoms with Crippen LogP contribution in [-0.4, -0.2) is 23.9 Å². The Hall–Kier alpha value is -0.790. The lowest BCUT2D eigenvalue weighted by Crippen LogP contribution is -2.29. The van der Waals surface area contributed by atoms with Crippen LogP contribution < -0.4 is 0 Å². The highest BCUT2D eigenvalue weighted by Crippen LogP contribution is 2.41. The summed E-state index contributed by atoms with van der Waals surface area (Å²) in [6.07, 6.45) is 13.2. The minimum atomic E-state index is 0.329. The van der Waals surface area contributed by atoms with Gasteiger partial charge in [-0.1, -0.05) is 31.9 Å². The number of carbonyl (C=O) groups is 1. The van der Waals surface area contributed by atoms with Gasteiger partial charge >= 0.3 is 0 Å². The highest BCUT2D eigenvalue weighted by Gasteiger charge is 2.43. The molecule has 1 saturated heterocycles. The average Bonchev–Trinajstić information content (AvgIpc) is 2.89. The van der Waals surface area contributed by atoms with Crippen molar-refractivity contribution in [1.29, 1.82) is 0 Å². The quantitative estimate of drug-likeness (QED) is 0.510. The maximum absolute atomic E-state index is 12.0. The molecule has 96 valence electrons. The SMILES string of the molecule is CCCCC/C=C\[C@@H]1C[C@@H]1C(=O)N1CCCC1. The van der Waals surface area contributed by atoms with Crippen molar-refractivity contribution in [3.8, 4) is 0 Å². The Morgan fingerprint density at radius 1 is 1.29 bits per heavy atom. The van der Waals surface area contributed by atoms with Gasteiger partial charge in [0.2, 0.25) is 5.91 Å². The smallest absolute Gasteiger partial charge is 0.226 e. The molecule has 2 heteroatoms. The van der Waals surface area contributed by atoms with Crippen molar-refractivity contribution in [3.05, 3.63) is 12.2 Å². The van der Waals surface area contributed by atoms with Crippen LogP contribution >= 0.6 is 0 Å². The number of carbonyl (C=O) groups excluding carboxylic acids is 1. The fraction of sp³-hybridized carbons (Fsp3) is 0.800. The maximum Gasteiger partial charge on any atom is 0.226 e. The molecule has 0 aromatic carbocycles. The molecule has 2 rings (SSSR count). The van der Waals surface area contributed by atoms with E-state index in [1.807, 2.05) is 0 Å². The van der Waals surface area contributed by atoms with Gasteiger partial charge in [-0.15, -0.1) is 0 Å². The lowest BCUT2D eigenvalue weighted by Gasteiger charge is -2.14. The molecule has 2 nitrogen and oxygen atoms in total. The number of nitrogens with zero attached hydrogens (tertiary/aromatic N) is 1. The fourth-order valence-corrected chi connectivity index (χ4v) is 2.67. The van der Waals surface area contributed by atoms with Crippen LogP contribution in [-0.2, 0) is 4.79 Å². The van der Waals surface area contributed by atoms with Crippen LogP contribution in [0.4, 0.5) is 0 Å². The van der Waals surface area contributed by atoms with Crippen molar-refractivity contribution in [2.24, 2.45) is 11.8 Å². The van der Waals surface area contributed by atoms with Gasteiger partial charge in [-0.25, -0.2) is 0 Å². The number of likely N-dealkylation sites (tertiary alicyclic amines) is 1. The van der Waals surface area contributed by atoms with Crippen molar-refractivity contribution < 1.29 is 4.79 Å². The topological polar surface area (TPSA) is 20.3 Å². The number of hydrogen-bond acceptors (Lipinski definition) is 1. The molecule has 17 heavy (non-hydrogen) atoms. The summed E-state index contributed by atoms with van der Waals surface area (Å²) in [6.45, 7) is 4.24. The van der Waals surface area contributed by atoms with E-state index in [2.05, 4.69) is 24.0 Å². The predicted molar refractivity (Wildman–Crippen MR) is 70.7 cm³/mol. The third kappa shape index (κ3) is 3.58. The molecule has 0 N–H and O–H groups in total. The monoisotopic (exact) mass is 235 g/mol. The molecule has 0 aromatic heterocycles. The predicted octanol–water partition coefficient (Wildman–Crippen LogP) is 3.38. The summed E-state index contributed by atoms with van der Waals surface area (Å²) in [7, 11) is 0. The molecule has 2 atom stereocenters. The zero-order valence-corrected chi connectivity index (χ0v) is 11.0. The molecule has 1 heterocycles. The zero-order valence-electron chi connectivity index (χ0n) is 11.0. The number of allylic oxidation sites excluding steroid dienone is 2. The van der Waals surface area contributed by atoms with Gasteiger partial charge in [-0.05, 0) is 38.0 Å². The summed E-state index contributed by atoms with van der Waals surface area (Å²) in [5.41, 5.74) is 0. The van der Waals surface area contributed by atoms with Gasteiger partial charge in [0.1, 0.15) is 0 Å². The third-order valence-corrected chi connectivity index (χ3v) is 3.93. The minimum Gasteiger partial charge on any atom is -0.342 e. The van der Waals surface area contributed by atoms with Gasteiger partial charge in [-0.3, -0.25) is 4.79 Å². The van der Waals surface area contributed by atoms with Crippen LogP contribution in [0.5, 0.6) is 0 Å². The number of unbranched alkanes of at least 4 members (excludes halogenated alkanes) is 3. The lowest BCUT2D eigenvalue weighted by molar-refractivity contribution is -0.131. The Bertz CT molecular complexity index is 279. The molecule has 2 aliphatic rings. The molecule has 1 aliphatic carbocycles. The first kappa shape index (κ1) is 12.7. The van der Waals surface area contributed by atoms with Crippen molar-refractivity contribution in [2.75, 3.05) is 13.1 Å². The van der Waals surface area contributed by atoms with Crippen molar-refractivity contribution in [1.82, 2.24) is 4.90 Å². The average molecular weight is 235 g/mol.